The maximum absolute atomic E-state index is 14.6. The number of anilines is 1. The van der Waals surface area contributed by atoms with Crippen LogP contribution in [0.3, 0.4) is 0 Å². The Labute approximate surface area is 192 Å². The van der Waals surface area contributed by atoms with E-state index in [1.807, 2.05) is 0 Å². The lowest BCUT2D eigenvalue weighted by Gasteiger charge is -2.10. The number of ether oxygens (including phenoxy) is 2. The molecule has 0 saturated heterocycles. The van der Waals surface area contributed by atoms with Crippen molar-refractivity contribution in [2.45, 2.75) is 19.7 Å². The van der Waals surface area contributed by atoms with Crippen molar-refractivity contribution < 1.29 is 23.0 Å². The molecule has 3 heterocycles. The standard InChI is InChI=1S/C23H20F2N6O3/c1-13(28-23-29-21-19(33-14(2)24)6-4-10-31(21)30-23)11-15-7-8-18(17(25)12-15)34-22-16(20(26)32)5-3-9-27-22/h3-10,12,14H,1,11H2,2H3,(H2,26,32)(H,28,30). The molecule has 0 aliphatic carbocycles. The first-order chi connectivity index (χ1) is 16.3. The van der Waals surface area contributed by atoms with Crippen LogP contribution < -0.4 is 20.5 Å². The zero-order valence-corrected chi connectivity index (χ0v) is 18.0. The summed E-state index contributed by atoms with van der Waals surface area (Å²) in [6.07, 6.45) is 1.81. The number of fused-ring (bicyclic) bond motifs is 1. The van der Waals surface area contributed by atoms with Gasteiger partial charge in [0.15, 0.2) is 23.0 Å². The summed E-state index contributed by atoms with van der Waals surface area (Å²) >= 11 is 0. The molecule has 174 valence electrons. The Kier molecular flexibility index (Phi) is 6.35. The van der Waals surface area contributed by atoms with Crippen molar-refractivity contribution in [1.29, 1.82) is 0 Å². The van der Waals surface area contributed by atoms with Crippen LogP contribution in [-0.4, -0.2) is 31.8 Å². The fraction of sp³-hybridized carbons (Fsp3) is 0.130. The number of benzene rings is 1. The van der Waals surface area contributed by atoms with Gasteiger partial charge in [-0.25, -0.2) is 18.3 Å². The first kappa shape index (κ1) is 22.6. The Balaban J connectivity index is 1.45. The molecule has 0 spiro atoms. The topological polar surface area (TPSA) is 117 Å². The lowest BCUT2D eigenvalue weighted by Crippen LogP contribution is -2.13. The summed E-state index contributed by atoms with van der Waals surface area (Å²) in [5.41, 5.74) is 6.76. The molecule has 0 radical (unpaired) electrons. The summed E-state index contributed by atoms with van der Waals surface area (Å²) in [7, 11) is 0. The van der Waals surface area contributed by atoms with E-state index < -0.39 is 18.1 Å². The average Bonchev–Trinajstić information content (AvgIpc) is 3.19. The van der Waals surface area contributed by atoms with Gasteiger partial charge in [0.1, 0.15) is 5.56 Å². The minimum absolute atomic E-state index is 0.0399. The van der Waals surface area contributed by atoms with Gasteiger partial charge >= 0.3 is 0 Å². The van der Waals surface area contributed by atoms with Crippen molar-refractivity contribution in [2.75, 3.05) is 5.32 Å². The van der Waals surface area contributed by atoms with E-state index in [1.54, 1.807) is 24.4 Å². The van der Waals surface area contributed by atoms with Gasteiger partial charge in [0.05, 0.1) is 0 Å². The number of carbonyl (C=O) groups is 1. The summed E-state index contributed by atoms with van der Waals surface area (Å²) in [6, 6.07) is 10.5. The normalized spacial score (nSPS) is 11.7. The molecule has 0 aliphatic heterocycles. The number of amides is 1. The summed E-state index contributed by atoms with van der Waals surface area (Å²) in [5.74, 6) is -1.12. The predicted molar refractivity (Wildman–Crippen MR) is 120 cm³/mol. The second-order valence-corrected chi connectivity index (χ2v) is 7.23. The maximum Gasteiger partial charge on any atom is 0.254 e. The quantitative estimate of drug-likeness (QED) is 0.383. The highest BCUT2D eigenvalue weighted by Crippen LogP contribution is 2.27. The first-order valence-electron chi connectivity index (χ1n) is 10.1. The number of nitrogens with one attached hydrogen (secondary N) is 1. The number of primary amides is 1. The molecule has 34 heavy (non-hydrogen) atoms. The molecule has 9 nitrogen and oxygen atoms in total. The minimum atomic E-state index is -1.50. The van der Waals surface area contributed by atoms with Gasteiger partial charge in [0, 0.05) is 31.4 Å². The lowest BCUT2D eigenvalue weighted by molar-refractivity contribution is 0.0870. The molecular formula is C23H20F2N6O3. The van der Waals surface area contributed by atoms with Crippen molar-refractivity contribution in [3.8, 4) is 17.4 Å². The fourth-order valence-corrected chi connectivity index (χ4v) is 3.15. The van der Waals surface area contributed by atoms with Crippen LogP contribution in [0.1, 0.15) is 22.8 Å². The third kappa shape index (κ3) is 5.09. The lowest BCUT2D eigenvalue weighted by atomic mass is 10.1. The molecule has 1 aromatic carbocycles. The third-order valence-electron chi connectivity index (χ3n) is 4.56. The number of allylic oxidation sites excluding steroid dienone is 1. The highest BCUT2D eigenvalue weighted by atomic mass is 19.1. The van der Waals surface area contributed by atoms with E-state index in [-0.39, 0.29) is 35.3 Å². The Hall–Kier alpha value is -4.54. The summed E-state index contributed by atoms with van der Waals surface area (Å²) in [6.45, 7) is 5.20. The number of alkyl halides is 1. The zero-order valence-electron chi connectivity index (χ0n) is 18.0. The molecule has 0 aliphatic rings. The van der Waals surface area contributed by atoms with Crippen molar-refractivity contribution in [1.82, 2.24) is 19.6 Å². The molecule has 4 rings (SSSR count). The highest BCUT2D eigenvalue weighted by Gasteiger charge is 2.15. The minimum Gasteiger partial charge on any atom is -0.457 e. The highest BCUT2D eigenvalue weighted by molar-refractivity contribution is 5.95. The maximum atomic E-state index is 14.6. The Morgan fingerprint density at radius 1 is 1.26 bits per heavy atom. The number of carbonyl (C=O) groups excluding carboxylic acids is 1. The largest absolute Gasteiger partial charge is 0.457 e. The number of aromatic nitrogens is 4. The third-order valence-corrected chi connectivity index (χ3v) is 4.56. The Morgan fingerprint density at radius 2 is 2.09 bits per heavy atom. The predicted octanol–water partition coefficient (Wildman–Crippen LogP) is 4.02. The van der Waals surface area contributed by atoms with Gasteiger partial charge in [0.25, 0.3) is 5.91 Å². The van der Waals surface area contributed by atoms with Gasteiger partial charge in [-0.3, -0.25) is 4.79 Å². The molecule has 3 N–H and O–H groups in total. The van der Waals surface area contributed by atoms with Gasteiger partial charge < -0.3 is 20.5 Å². The van der Waals surface area contributed by atoms with Gasteiger partial charge in [-0.15, -0.1) is 5.10 Å². The number of rotatable bonds is 9. The van der Waals surface area contributed by atoms with Crippen LogP contribution in [0.5, 0.6) is 17.4 Å². The van der Waals surface area contributed by atoms with E-state index in [1.165, 1.54) is 41.9 Å². The number of hydrogen-bond donors (Lipinski definition) is 2. The number of nitrogens with zero attached hydrogens (tertiary/aromatic N) is 4. The van der Waals surface area contributed by atoms with Crippen LogP contribution in [0, 0.1) is 5.82 Å². The van der Waals surface area contributed by atoms with E-state index in [0.29, 0.717) is 16.9 Å². The fourth-order valence-electron chi connectivity index (χ4n) is 3.15. The summed E-state index contributed by atoms with van der Waals surface area (Å²) in [5, 5.41) is 7.21. The monoisotopic (exact) mass is 466 g/mol. The molecular weight excluding hydrogens is 446 g/mol. The van der Waals surface area contributed by atoms with Crippen molar-refractivity contribution in [3.63, 3.8) is 0 Å². The number of halogens is 2. The van der Waals surface area contributed by atoms with E-state index in [0.717, 1.165) is 0 Å². The van der Waals surface area contributed by atoms with Crippen LogP contribution in [0.15, 0.2) is 67.1 Å². The van der Waals surface area contributed by atoms with Crippen LogP contribution in [0.4, 0.5) is 14.7 Å². The number of hydrogen-bond acceptors (Lipinski definition) is 7. The van der Waals surface area contributed by atoms with E-state index in [9.17, 15) is 13.6 Å². The van der Waals surface area contributed by atoms with Crippen molar-refractivity contribution in [2.24, 2.45) is 5.73 Å². The Morgan fingerprint density at radius 3 is 2.82 bits per heavy atom. The molecule has 1 atom stereocenters. The van der Waals surface area contributed by atoms with E-state index in [2.05, 4.69) is 27.0 Å². The molecule has 1 unspecified atom stereocenters. The van der Waals surface area contributed by atoms with E-state index >= 15 is 0 Å². The second kappa shape index (κ2) is 9.53. The molecule has 0 saturated carbocycles. The number of pyridine rings is 2. The molecule has 0 bridgehead atoms. The number of nitrogens with two attached hydrogens (primary N) is 1. The van der Waals surface area contributed by atoms with Crippen molar-refractivity contribution in [3.05, 3.63) is 84.1 Å². The molecule has 11 heteroatoms. The van der Waals surface area contributed by atoms with E-state index in [4.69, 9.17) is 15.2 Å². The zero-order chi connectivity index (χ0) is 24.2. The molecule has 4 aromatic rings. The second-order valence-electron chi connectivity index (χ2n) is 7.23. The Bertz CT molecular complexity index is 1370. The van der Waals surface area contributed by atoms with Crippen LogP contribution in [0.25, 0.3) is 5.65 Å². The molecule has 3 aromatic heterocycles. The van der Waals surface area contributed by atoms with Crippen molar-refractivity contribution >= 4 is 17.5 Å². The van der Waals surface area contributed by atoms with Gasteiger partial charge in [0.2, 0.25) is 18.2 Å². The van der Waals surface area contributed by atoms with Gasteiger partial charge in [-0.05, 0) is 42.0 Å². The molecule has 1 amide bonds. The van der Waals surface area contributed by atoms with Crippen LogP contribution >= 0.6 is 0 Å². The first-order valence-corrected chi connectivity index (χ1v) is 10.1. The molecule has 0 fully saturated rings. The summed E-state index contributed by atoms with van der Waals surface area (Å²) in [4.78, 5) is 19.7. The van der Waals surface area contributed by atoms with Crippen LogP contribution in [0.2, 0.25) is 0 Å². The average molecular weight is 466 g/mol. The summed E-state index contributed by atoms with van der Waals surface area (Å²) < 4.78 is 39.9. The van der Waals surface area contributed by atoms with Gasteiger partial charge in [-0.2, -0.15) is 4.98 Å². The van der Waals surface area contributed by atoms with Crippen LogP contribution in [-0.2, 0) is 6.42 Å². The SMILES string of the molecule is C=C(Cc1ccc(Oc2ncccc2C(N)=O)c(F)c1)Nc1nc2c(OC(C)F)cccn2n1. The smallest absolute Gasteiger partial charge is 0.254 e. The van der Waals surface area contributed by atoms with Gasteiger partial charge in [-0.1, -0.05) is 12.6 Å².